The van der Waals surface area contributed by atoms with Gasteiger partial charge in [-0.2, -0.15) is 0 Å². The number of benzene rings is 1. The Morgan fingerprint density at radius 2 is 2.00 bits per heavy atom. The molecule has 0 aliphatic rings. The Kier molecular flexibility index (Phi) is 5.92. The average molecular weight is 223 g/mol. The van der Waals surface area contributed by atoms with Gasteiger partial charge in [0.1, 0.15) is 0 Å². The van der Waals surface area contributed by atoms with E-state index in [2.05, 4.69) is 24.0 Å². The van der Waals surface area contributed by atoms with Crippen LogP contribution in [0.5, 0.6) is 0 Å². The zero-order valence-electron chi connectivity index (χ0n) is 8.92. The molecule has 0 radical (unpaired) electrons. The zero-order chi connectivity index (χ0) is 10.9. The van der Waals surface area contributed by atoms with E-state index >= 15 is 0 Å². The minimum atomic E-state index is 0.596. The van der Waals surface area contributed by atoms with Gasteiger partial charge < -0.3 is 4.74 Å². The fraction of sp³-hybridized carbons (Fsp3) is 0.385. The standard InChI is InChI=1S/C13H15ClO/c1-15-11-9-13-7-5-12(6-8-13)4-2-3-10-14/h5-8H,3,9-11H2,1H3. The van der Waals surface area contributed by atoms with E-state index in [-0.39, 0.29) is 0 Å². The van der Waals surface area contributed by atoms with Gasteiger partial charge in [-0.25, -0.2) is 0 Å². The largest absolute Gasteiger partial charge is 0.384 e. The smallest absolute Gasteiger partial charge is 0.0502 e. The van der Waals surface area contributed by atoms with Gasteiger partial charge in [-0.05, 0) is 24.1 Å². The van der Waals surface area contributed by atoms with Gasteiger partial charge in [-0.15, -0.1) is 11.6 Å². The molecule has 1 aromatic carbocycles. The molecule has 0 N–H and O–H groups in total. The topological polar surface area (TPSA) is 9.23 Å². The third kappa shape index (κ3) is 4.88. The molecule has 0 heterocycles. The Morgan fingerprint density at radius 1 is 1.27 bits per heavy atom. The van der Waals surface area contributed by atoms with E-state index in [9.17, 15) is 0 Å². The van der Waals surface area contributed by atoms with Crippen LogP contribution in [0.3, 0.4) is 0 Å². The first kappa shape index (κ1) is 12.1. The van der Waals surface area contributed by atoms with Crippen LogP contribution < -0.4 is 0 Å². The van der Waals surface area contributed by atoms with Crippen molar-refractivity contribution < 1.29 is 4.74 Å². The minimum absolute atomic E-state index is 0.596. The SMILES string of the molecule is COCCc1ccc(C#CCCCl)cc1. The molecular formula is C13H15ClO. The summed E-state index contributed by atoms with van der Waals surface area (Å²) in [5.41, 5.74) is 2.32. The third-order valence-corrected chi connectivity index (χ3v) is 2.19. The van der Waals surface area contributed by atoms with Gasteiger partial charge in [0, 0.05) is 25.0 Å². The molecule has 0 amide bonds. The molecule has 1 aromatic rings. The van der Waals surface area contributed by atoms with Crippen LogP contribution in [0.1, 0.15) is 17.5 Å². The van der Waals surface area contributed by atoms with Crippen LogP contribution in [-0.4, -0.2) is 19.6 Å². The molecule has 0 unspecified atom stereocenters. The van der Waals surface area contributed by atoms with Crippen molar-refractivity contribution in [3.63, 3.8) is 0 Å². The molecule has 80 valence electrons. The Morgan fingerprint density at radius 3 is 2.60 bits per heavy atom. The summed E-state index contributed by atoms with van der Waals surface area (Å²) in [6, 6.07) is 8.24. The van der Waals surface area contributed by atoms with Gasteiger partial charge in [-0.3, -0.25) is 0 Å². The van der Waals surface area contributed by atoms with Crippen LogP contribution in [0.25, 0.3) is 0 Å². The fourth-order valence-corrected chi connectivity index (χ4v) is 1.28. The number of alkyl halides is 1. The van der Waals surface area contributed by atoms with E-state index in [1.807, 2.05) is 12.1 Å². The van der Waals surface area contributed by atoms with Crippen molar-refractivity contribution in [2.45, 2.75) is 12.8 Å². The predicted octanol–water partition coefficient (Wildman–Crippen LogP) is 2.86. The minimum Gasteiger partial charge on any atom is -0.384 e. The summed E-state index contributed by atoms with van der Waals surface area (Å²) in [6.07, 6.45) is 1.69. The highest BCUT2D eigenvalue weighted by Gasteiger charge is 1.92. The van der Waals surface area contributed by atoms with E-state index in [1.54, 1.807) is 7.11 Å². The molecule has 1 nitrogen and oxygen atoms in total. The van der Waals surface area contributed by atoms with Crippen molar-refractivity contribution in [2.24, 2.45) is 0 Å². The molecule has 0 aliphatic heterocycles. The molecule has 0 aromatic heterocycles. The number of ether oxygens (including phenoxy) is 1. The van der Waals surface area contributed by atoms with E-state index in [4.69, 9.17) is 16.3 Å². The maximum Gasteiger partial charge on any atom is 0.0502 e. The van der Waals surface area contributed by atoms with Crippen LogP contribution in [0.2, 0.25) is 0 Å². The Bertz CT molecular complexity index is 332. The molecular weight excluding hydrogens is 208 g/mol. The van der Waals surface area contributed by atoms with E-state index in [0.29, 0.717) is 5.88 Å². The summed E-state index contributed by atoms with van der Waals surface area (Å²) in [5.74, 6) is 6.67. The molecule has 0 aliphatic carbocycles. The van der Waals surface area contributed by atoms with Gasteiger partial charge in [0.05, 0.1) is 6.61 Å². The fourth-order valence-electron chi connectivity index (χ4n) is 1.19. The first-order chi connectivity index (χ1) is 7.36. The molecule has 0 fully saturated rings. The second-order valence-electron chi connectivity index (χ2n) is 3.18. The predicted molar refractivity (Wildman–Crippen MR) is 64.2 cm³/mol. The van der Waals surface area contributed by atoms with Crippen LogP contribution in [0.15, 0.2) is 24.3 Å². The number of halogens is 1. The number of hydrogen-bond donors (Lipinski definition) is 0. The highest BCUT2D eigenvalue weighted by atomic mass is 35.5. The van der Waals surface area contributed by atoms with Crippen LogP contribution in [0, 0.1) is 11.8 Å². The van der Waals surface area contributed by atoms with Crippen LogP contribution in [-0.2, 0) is 11.2 Å². The molecule has 0 spiro atoms. The van der Waals surface area contributed by atoms with Crippen LogP contribution >= 0.6 is 11.6 Å². The molecule has 2 heteroatoms. The summed E-state index contributed by atoms with van der Waals surface area (Å²) >= 11 is 5.53. The lowest BCUT2D eigenvalue weighted by atomic mass is 10.1. The normalized spacial score (nSPS) is 9.47. The summed E-state index contributed by atoms with van der Waals surface area (Å²) < 4.78 is 5.01. The number of rotatable bonds is 4. The first-order valence-electron chi connectivity index (χ1n) is 4.99. The van der Waals surface area contributed by atoms with E-state index in [0.717, 1.165) is 25.0 Å². The molecule has 15 heavy (non-hydrogen) atoms. The molecule has 0 saturated heterocycles. The van der Waals surface area contributed by atoms with Crippen molar-refractivity contribution in [3.05, 3.63) is 35.4 Å². The number of hydrogen-bond acceptors (Lipinski definition) is 1. The maximum absolute atomic E-state index is 5.53. The first-order valence-corrected chi connectivity index (χ1v) is 5.53. The van der Waals surface area contributed by atoms with Crippen molar-refractivity contribution in [3.8, 4) is 11.8 Å². The maximum atomic E-state index is 5.53. The summed E-state index contributed by atoms with van der Waals surface area (Å²) in [6.45, 7) is 0.761. The second-order valence-corrected chi connectivity index (χ2v) is 3.56. The monoisotopic (exact) mass is 222 g/mol. The zero-order valence-corrected chi connectivity index (χ0v) is 9.68. The number of methoxy groups -OCH3 is 1. The van der Waals surface area contributed by atoms with Gasteiger partial charge >= 0.3 is 0 Å². The Hall–Kier alpha value is -0.970. The quantitative estimate of drug-likeness (QED) is 0.562. The second kappa shape index (κ2) is 7.34. The van der Waals surface area contributed by atoms with Gasteiger partial charge in [0.15, 0.2) is 0 Å². The van der Waals surface area contributed by atoms with Crippen molar-refractivity contribution >= 4 is 11.6 Å². The van der Waals surface area contributed by atoms with Crippen molar-refractivity contribution in [1.29, 1.82) is 0 Å². The molecule has 1 rings (SSSR count). The van der Waals surface area contributed by atoms with Crippen molar-refractivity contribution in [1.82, 2.24) is 0 Å². The van der Waals surface area contributed by atoms with Crippen molar-refractivity contribution in [2.75, 3.05) is 19.6 Å². The highest BCUT2D eigenvalue weighted by molar-refractivity contribution is 6.18. The van der Waals surface area contributed by atoms with Gasteiger partial charge in [0.25, 0.3) is 0 Å². The van der Waals surface area contributed by atoms with E-state index in [1.165, 1.54) is 5.56 Å². The van der Waals surface area contributed by atoms with Gasteiger partial charge in [-0.1, -0.05) is 24.0 Å². The van der Waals surface area contributed by atoms with E-state index < -0.39 is 0 Å². The average Bonchev–Trinajstić information content (AvgIpc) is 2.28. The third-order valence-electron chi connectivity index (χ3n) is 2.00. The lowest BCUT2D eigenvalue weighted by Gasteiger charge is -1.99. The summed E-state index contributed by atoms with van der Waals surface area (Å²) in [5, 5.41) is 0. The molecule has 0 atom stereocenters. The molecule has 0 bridgehead atoms. The Balaban J connectivity index is 2.53. The summed E-state index contributed by atoms with van der Waals surface area (Å²) in [4.78, 5) is 0. The van der Waals surface area contributed by atoms with Gasteiger partial charge in [0.2, 0.25) is 0 Å². The lowest BCUT2D eigenvalue weighted by Crippen LogP contribution is -1.93. The highest BCUT2D eigenvalue weighted by Crippen LogP contribution is 2.04. The lowest BCUT2D eigenvalue weighted by molar-refractivity contribution is 0.202. The van der Waals surface area contributed by atoms with Crippen LogP contribution in [0.4, 0.5) is 0 Å². The summed E-state index contributed by atoms with van der Waals surface area (Å²) in [7, 11) is 1.71. The Labute approximate surface area is 96.4 Å². The molecule has 0 saturated carbocycles.